The lowest BCUT2D eigenvalue weighted by atomic mass is 10.1. The van der Waals surface area contributed by atoms with Crippen molar-refractivity contribution < 1.29 is 9.47 Å². The van der Waals surface area contributed by atoms with Crippen LogP contribution in [0.1, 0.15) is 23.4 Å². The Labute approximate surface area is 183 Å². The minimum atomic E-state index is 0.542. The molecular formula is C24H31N5O2. The molecule has 0 fully saturated rings. The maximum absolute atomic E-state index is 5.96. The second-order valence-corrected chi connectivity index (χ2v) is 7.19. The number of aryl methyl sites for hydroxylation is 1. The highest BCUT2D eigenvalue weighted by Crippen LogP contribution is 2.20. The number of aromatic nitrogens is 2. The molecule has 0 amide bonds. The molecule has 2 aromatic carbocycles. The molecule has 1 aromatic heterocycles. The lowest BCUT2D eigenvalue weighted by Gasteiger charge is -2.15. The van der Waals surface area contributed by atoms with Gasteiger partial charge in [0.25, 0.3) is 0 Å². The Morgan fingerprint density at radius 1 is 1.06 bits per heavy atom. The van der Waals surface area contributed by atoms with Crippen molar-refractivity contribution in [3.63, 3.8) is 0 Å². The zero-order valence-corrected chi connectivity index (χ0v) is 18.4. The Bertz CT molecular complexity index is 969. The Hall–Kier alpha value is -3.32. The summed E-state index contributed by atoms with van der Waals surface area (Å²) in [5.41, 5.74) is 4.35. The van der Waals surface area contributed by atoms with Crippen molar-refractivity contribution in [2.24, 2.45) is 4.99 Å². The highest BCUT2D eigenvalue weighted by atomic mass is 16.5. The fourth-order valence-electron chi connectivity index (χ4n) is 3.11. The van der Waals surface area contributed by atoms with Gasteiger partial charge in [0.15, 0.2) is 5.96 Å². The third-order valence-electron chi connectivity index (χ3n) is 4.78. The first kappa shape index (κ1) is 22.4. The number of hydrogen-bond donors (Lipinski definition) is 3. The Morgan fingerprint density at radius 2 is 1.87 bits per heavy atom. The number of nitrogens with zero attached hydrogens (tertiary/aromatic N) is 2. The number of aliphatic imine (C=N–C) groups is 1. The van der Waals surface area contributed by atoms with Crippen molar-refractivity contribution in [1.82, 2.24) is 20.6 Å². The summed E-state index contributed by atoms with van der Waals surface area (Å²) in [6.45, 7) is 4.52. The molecule has 1 heterocycles. The lowest BCUT2D eigenvalue weighted by molar-refractivity contribution is 0.171. The number of H-pyrrole nitrogens is 1. The van der Waals surface area contributed by atoms with E-state index in [0.717, 1.165) is 34.8 Å². The van der Waals surface area contributed by atoms with E-state index in [0.29, 0.717) is 32.3 Å². The highest BCUT2D eigenvalue weighted by Gasteiger charge is 2.07. The summed E-state index contributed by atoms with van der Waals surface area (Å²) in [4.78, 5) is 12.1. The number of imidazole rings is 1. The van der Waals surface area contributed by atoms with Crippen LogP contribution in [-0.2, 0) is 17.8 Å². The van der Waals surface area contributed by atoms with Crippen LogP contribution in [0.5, 0.6) is 5.75 Å². The van der Waals surface area contributed by atoms with Gasteiger partial charge in [0.05, 0.1) is 25.0 Å². The zero-order valence-electron chi connectivity index (χ0n) is 18.4. The molecule has 0 saturated heterocycles. The molecule has 3 rings (SSSR count). The summed E-state index contributed by atoms with van der Waals surface area (Å²) < 4.78 is 11.1. The summed E-state index contributed by atoms with van der Waals surface area (Å²) in [6, 6.07) is 16.4. The molecular weight excluding hydrogens is 390 g/mol. The van der Waals surface area contributed by atoms with Crippen LogP contribution in [0.4, 0.5) is 0 Å². The summed E-state index contributed by atoms with van der Waals surface area (Å²) in [7, 11) is 3.45. The first-order valence-electron chi connectivity index (χ1n) is 10.4. The summed E-state index contributed by atoms with van der Waals surface area (Å²) >= 11 is 0. The lowest BCUT2D eigenvalue weighted by Crippen LogP contribution is -2.36. The van der Waals surface area contributed by atoms with E-state index in [-0.39, 0.29) is 0 Å². The molecule has 3 aromatic rings. The molecule has 3 N–H and O–H groups in total. The fourth-order valence-corrected chi connectivity index (χ4v) is 3.11. The normalized spacial score (nSPS) is 11.4. The molecule has 0 saturated carbocycles. The van der Waals surface area contributed by atoms with E-state index in [1.54, 1.807) is 14.2 Å². The number of benzene rings is 2. The van der Waals surface area contributed by atoms with Gasteiger partial charge in [-0.1, -0.05) is 42.5 Å². The number of nitrogens with one attached hydrogen (secondary N) is 3. The van der Waals surface area contributed by atoms with Gasteiger partial charge in [-0.25, -0.2) is 4.98 Å². The molecule has 7 nitrogen and oxygen atoms in total. The van der Waals surface area contributed by atoms with Gasteiger partial charge in [-0.3, -0.25) is 4.99 Å². The number of rotatable bonds is 10. The monoisotopic (exact) mass is 421 g/mol. The van der Waals surface area contributed by atoms with E-state index < -0.39 is 0 Å². The van der Waals surface area contributed by atoms with Gasteiger partial charge in [0.1, 0.15) is 11.6 Å². The molecule has 0 atom stereocenters. The SMILES string of the molecule is CN=C(NCc1ncc(-c2ccccc2)[nH]1)NCc1ccc(C)cc1OCCCOC. The van der Waals surface area contributed by atoms with Gasteiger partial charge in [-0.15, -0.1) is 0 Å². The van der Waals surface area contributed by atoms with Gasteiger partial charge >= 0.3 is 0 Å². The highest BCUT2D eigenvalue weighted by molar-refractivity contribution is 5.79. The van der Waals surface area contributed by atoms with Gasteiger partial charge in [0.2, 0.25) is 0 Å². The van der Waals surface area contributed by atoms with Crippen molar-refractivity contribution >= 4 is 5.96 Å². The summed E-state index contributed by atoms with van der Waals surface area (Å²) in [6.07, 6.45) is 2.71. The maximum atomic E-state index is 5.96. The molecule has 0 bridgehead atoms. The average molecular weight is 422 g/mol. The van der Waals surface area contributed by atoms with Crippen molar-refractivity contribution in [2.45, 2.75) is 26.4 Å². The fraction of sp³-hybridized carbons (Fsp3) is 0.333. The van der Waals surface area contributed by atoms with Crippen LogP contribution in [0.3, 0.4) is 0 Å². The van der Waals surface area contributed by atoms with Gasteiger partial charge in [-0.05, 0) is 24.1 Å². The van der Waals surface area contributed by atoms with Crippen molar-refractivity contribution in [3.05, 3.63) is 71.7 Å². The van der Waals surface area contributed by atoms with E-state index in [9.17, 15) is 0 Å². The second kappa shape index (κ2) is 11.8. The van der Waals surface area contributed by atoms with Crippen LogP contribution in [0, 0.1) is 6.92 Å². The number of guanidine groups is 1. The Morgan fingerprint density at radius 3 is 2.65 bits per heavy atom. The van der Waals surface area contributed by atoms with Crippen LogP contribution in [0.15, 0.2) is 59.7 Å². The van der Waals surface area contributed by atoms with E-state index in [4.69, 9.17) is 9.47 Å². The smallest absolute Gasteiger partial charge is 0.191 e. The molecule has 0 radical (unpaired) electrons. The van der Waals surface area contributed by atoms with Gasteiger partial charge in [0, 0.05) is 39.3 Å². The molecule has 7 heteroatoms. The largest absolute Gasteiger partial charge is 0.493 e. The van der Waals surface area contributed by atoms with E-state index in [1.807, 2.05) is 24.4 Å². The van der Waals surface area contributed by atoms with Crippen LogP contribution in [0.2, 0.25) is 0 Å². The topological polar surface area (TPSA) is 83.6 Å². The number of hydrogen-bond acceptors (Lipinski definition) is 4. The minimum absolute atomic E-state index is 0.542. The number of methoxy groups -OCH3 is 1. The quantitative estimate of drug-likeness (QED) is 0.264. The zero-order chi connectivity index (χ0) is 21.9. The minimum Gasteiger partial charge on any atom is -0.493 e. The standard InChI is InChI=1S/C24H31N5O2/c1-18-10-11-20(22(14-18)31-13-7-12-30-3)15-27-24(25-2)28-17-23-26-16-21(29-23)19-8-5-4-6-9-19/h4-6,8-11,14,16H,7,12-13,15,17H2,1-3H3,(H,26,29)(H2,25,27,28). The first-order valence-corrected chi connectivity index (χ1v) is 10.4. The maximum Gasteiger partial charge on any atom is 0.191 e. The summed E-state index contributed by atoms with van der Waals surface area (Å²) in [5.74, 6) is 2.43. The molecule has 31 heavy (non-hydrogen) atoms. The predicted molar refractivity (Wildman–Crippen MR) is 124 cm³/mol. The Kier molecular flexibility index (Phi) is 8.48. The molecule has 0 aliphatic rings. The second-order valence-electron chi connectivity index (χ2n) is 7.19. The van der Waals surface area contributed by atoms with Crippen molar-refractivity contribution in [2.75, 3.05) is 27.4 Å². The van der Waals surface area contributed by atoms with E-state index in [1.165, 1.54) is 5.56 Å². The van der Waals surface area contributed by atoms with Gasteiger partial charge in [-0.2, -0.15) is 0 Å². The first-order chi connectivity index (χ1) is 15.2. The van der Waals surface area contributed by atoms with Crippen LogP contribution >= 0.6 is 0 Å². The molecule has 0 spiro atoms. The van der Waals surface area contributed by atoms with Gasteiger partial charge < -0.3 is 25.1 Å². The number of ether oxygens (including phenoxy) is 2. The summed E-state index contributed by atoms with van der Waals surface area (Å²) in [5, 5.41) is 6.65. The van der Waals surface area contributed by atoms with E-state index in [2.05, 4.69) is 62.8 Å². The molecule has 0 aliphatic carbocycles. The van der Waals surface area contributed by atoms with Crippen molar-refractivity contribution in [3.8, 4) is 17.0 Å². The van der Waals surface area contributed by atoms with Crippen LogP contribution < -0.4 is 15.4 Å². The average Bonchev–Trinajstić information content (AvgIpc) is 3.27. The number of aromatic amines is 1. The Balaban J connectivity index is 1.53. The third-order valence-corrected chi connectivity index (χ3v) is 4.78. The van der Waals surface area contributed by atoms with E-state index >= 15 is 0 Å². The van der Waals surface area contributed by atoms with Crippen LogP contribution in [0.25, 0.3) is 11.3 Å². The third kappa shape index (κ3) is 6.86. The van der Waals surface area contributed by atoms with Crippen LogP contribution in [-0.4, -0.2) is 43.3 Å². The predicted octanol–water partition coefficient (Wildman–Crippen LogP) is 3.67. The molecule has 0 aliphatic heterocycles. The molecule has 164 valence electrons. The molecule has 0 unspecified atom stereocenters. The van der Waals surface area contributed by atoms with Crippen molar-refractivity contribution in [1.29, 1.82) is 0 Å².